The molecule has 0 aromatic heterocycles. The van der Waals surface area contributed by atoms with Crippen molar-refractivity contribution >= 4 is 11.8 Å². The van der Waals surface area contributed by atoms with Crippen molar-refractivity contribution < 1.29 is 19.1 Å². The zero-order valence-corrected chi connectivity index (χ0v) is 10.9. The van der Waals surface area contributed by atoms with E-state index in [9.17, 15) is 9.59 Å². The number of hydrogen-bond acceptors (Lipinski definition) is 4. The molecule has 1 rings (SSSR count). The quantitative estimate of drug-likeness (QED) is 0.669. The molecule has 1 fully saturated rings. The third kappa shape index (κ3) is 4.11. The van der Waals surface area contributed by atoms with Gasteiger partial charge in [0.25, 0.3) is 0 Å². The molecule has 0 saturated carbocycles. The minimum atomic E-state index is -0.270. The van der Waals surface area contributed by atoms with Gasteiger partial charge in [0.1, 0.15) is 5.78 Å². The topological polar surface area (TPSA) is 52.6 Å². The number of Topliss-reactive ketones (excluding diaryl/α,β-unsaturated/α-hetero) is 1. The molecule has 0 spiro atoms. The van der Waals surface area contributed by atoms with Crippen LogP contribution >= 0.6 is 0 Å². The van der Waals surface area contributed by atoms with Gasteiger partial charge in [0.15, 0.2) is 0 Å². The standard InChI is InChI=1S/C13H22O4/c1-4-5-6-12-11(9(2)14)7-10(17-12)8-13(15)16-3/h10-12H,4-8H2,1-3H3/t10-,11-,12-/m0/s1. The SMILES string of the molecule is CCCC[C@@H]1O[C@H](CC(=O)OC)C[C@H]1C(C)=O. The van der Waals surface area contributed by atoms with E-state index in [2.05, 4.69) is 11.7 Å². The van der Waals surface area contributed by atoms with Crippen LogP contribution in [-0.4, -0.2) is 31.1 Å². The van der Waals surface area contributed by atoms with Crippen LogP contribution in [0.5, 0.6) is 0 Å². The second-order valence-electron chi connectivity index (χ2n) is 4.67. The largest absolute Gasteiger partial charge is 0.469 e. The summed E-state index contributed by atoms with van der Waals surface area (Å²) in [7, 11) is 1.37. The van der Waals surface area contributed by atoms with Gasteiger partial charge in [0.05, 0.1) is 25.7 Å². The zero-order chi connectivity index (χ0) is 12.8. The maximum Gasteiger partial charge on any atom is 0.308 e. The monoisotopic (exact) mass is 242 g/mol. The molecule has 0 aliphatic carbocycles. The smallest absolute Gasteiger partial charge is 0.308 e. The summed E-state index contributed by atoms with van der Waals surface area (Å²) >= 11 is 0. The Labute approximate surface area is 103 Å². The van der Waals surface area contributed by atoms with Crippen molar-refractivity contribution in [2.45, 2.75) is 58.2 Å². The molecule has 0 aromatic carbocycles. The summed E-state index contributed by atoms with van der Waals surface area (Å²) in [6, 6.07) is 0. The van der Waals surface area contributed by atoms with Crippen LogP contribution in [0.1, 0.15) is 46.0 Å². The van der Waals surface area contributed by atoms with Crippen molar-refractivity contribution in [1.82, 2.24) is 0 Å². The Kier molecular flexibility index (Phi) is 5.62. The number of carbonyl (C=O) groups is 2. The van der Waals surface area contributed by atoms with Crippen LogP contribution in [0.2, 0.25) is 0 Å². The van der Waals surface area contributed by atoms with Crippen LogP contribution < -0.4 is 0 Å². The van der Waals surface area contributed by atoms with E-state index >= 15 is 0 Å². The minimum Gasteiger partial charge on any atom is -0.469 e. The van der Waals surface area contributed by atoms with Crippen LogP contribution in [0.3, 0.4) is 0 Å². The summed E-state index contributed by atoms with van der Waals surface area (Å²) in [5.41, 5.74) is 0. The molecular weight excluding hydrogens is 220 g/mol. The second-order valence-corrected chi connectivity index (χ2v) is 4.67. The summed E-state index contributed by atoms with van der Waals surface area (Å²) < 4.78 is 10.4. The van der Waals surface area contributed by atoms with Gasteiger partial charge < -0.3 is 9.47 Å². The maximum absolute atomic E-state index is 11.5. The summed E-state index contributed by atoms with van der Waals surface area (Å²) in [6.07, 6.45) is 3.78. The molecule has 17 heavy (non-hydrogen) atoms. The molecule has 0 unspecified atom stereocenters. The fraction of sp³-hybridized carbons (Fsp3) is 0.846. The van der Waals surface area contributed by atoms with Crippen LogP contribution in [-0.2, 0) is 19.1 Å². The predicted octanol–water partition coefficient (Wildman–Crippen LogP) is 2.10. The number of unbranched alkanes of at least 4 members (excludes halogenated alkanes) is 1. The fourth-order valence-corrected chi connectivity index (χ4v) is 2.34. The molecule has 4 nitrogen and oxygen atoms in total. The van der Waals surface area contributed by atoms with E-state index in [4.69, 9.17) is 4.74 Å². The third-order valence-corrected chi connectivity index (χ3v) is 3.32. The van der Waals surface area contributed by atoms with Gasteiger partial charge in [-0.15, -0.1) is 0 Å². The van der Waals surface area contributed by atoms with E-state index in [1.165, 1.54) is 7.11 Å². The maximum atomic E-state index is 11.5. The van der Waals surface area contributed by atoms with E-state index in [1.54, 1.807) is 6.92 Å². The van der Waals surface area contributed by atoms with Crippen molar-refractivity contribution in [2.75, 3.05) is 7.11 Å². The Morgan fingerprint density at radius 3 is 2.65 bits per heavy atom. The zero-order valence-electron chi connectivity index (χ0n) is 10.9. The molecule has 0 radical (unpaired) electrons. The predicted molar refractivity (Wildman–Crippen MR) is 63.6 cm³/mol. The average Bonchev–Trinajstić information content (AvgIpc) is 2.69. The minimum absolute atomic E-state index is 0.0119. The lowest BCUT2D eigenvalue weighted by atomic mass is 9.92. The van der Waals surface area contributed by atoms with Crippen molar-refractivity contribution in [3.63, 3.8) is 0 Å². The molecule has 0 bridgehead atoms. The lowest BCUT2D eigenvalue weighted by Crippen LogP contribution is -2.22. The Balaban J connectivity index is 2.52. The van der Waals surface area contributed by atoms with Crippen LogP contribution in [0, 0.1) is 5.92 Å². The first-order chi connectivity index (χ1) is 8.08. The Bertz CT molecular complexity index is 275. The second kappa shape index (κ2) is 6.74. The van der Waals surface area contributed by atoms with Gasteiger partial charge in [-0.05, 0) is 19.8 Å². The molecule has 3 atom stereocenters. The van der Waals surface area contributed by atoms with Gasteiger partial charge >= 0.3 is 5.97 Å². The van der Waals surface area contributed by atoms with E-state index in [0.29, 0.717) is 6.42 Å². The summed E-state index contributed by atoms with van der Waals surface area (Å²) in [4.78, 5) is 22.7. The van der Waals surface area contributed by atoms with Crippen molar-refractivity contribution in [2.24, 2.45) is 5.92 Å². The van der Waals surface area contributed by atoms with Gasteiger partial charge in [-0.3, -0.25) is 9.59 Å². The first-order valence-electron chi connectivity index (χ1n) is 6.31. The average molecular weight is 242 g/mol. The molecule has 0 aromatic rings. The lowest BCUT2D eigenvalue weighted by Gasteiger charge is -2.15. The first kappa shape index (κ1) is 14.2. The van der Waals surface area contributed by atoms with Gasteiger partial charge in [-0.2, -0.15) is 0 Å². The van der Waals surface area contributed by atoms with Gasteiger partial charge in [-0.1, -0.05) is 19.8 Å². The number of esters is 1. The van der Waals surface area contributed by atoms with Crippen LogP contribution in [0.25, 0.3) is 0 Å². The molecule has 98 valence electrons. The summed E-state index contributed by atoms with van der Waals surface area (Å²) in [5.74, 6) is -0.150. The molecule has 1 aliphatic heterocycles. The van der Waals surface area contributed by atoms with E-state index in [-0.39, 0.29) is 36.3 Å². The highest BCUT2D eigenvalue weighted by Crippen LogP contribution is 2.32. The van der Waals surface area contributed by atoms with Crippen molar-refractivity contribution in [3.8, 4) is 0 Å². The molecule has 1 aliphatic rings. The molecule has 0 amide bonds. The molecular formula is C13H22O4. The fourth-order valence-electron chi connectivity index (χ4n) is 2.34. The van der Waals surface area contributed by atoms with Crippen molar-refractivity contribution in [1.29, 1.82) is 0 Å². The molecule has 0 N–H and O–H groups in total. The molecule has 4 heteroatoms. The Morgan fingerprint density at radius 2 is 2.12 bits per heavy atom. The third-order valence-electron chi connectivity index (χ3n) is 3.32. The number of ether oxygens (including phenoxy) is 2. The van der Waals surface area contributed by atoms with E-state index in [1.807, 2.05) is 0 Å². The van der Waals surface area contributed by atoms with Gasteiger partial charge in [-0.25, -0.2) is 0 Å². The van der Waals surface area contributed by atoms with E-state index < -0.39 is 0 Å². The number of rotatable bonds is 6. The van der Waals surface area contributed by atoms with Crippen LogP contribution in [0.4, 0.5) is 0 Å². The Morgan fingerprint density at radius 1 is 1.41 bits per heavy atom. The Hall–Kier alpha value is -0.900. The molecule has 1 saturated heterocycles. The highest BCUT2D eigenvalue weighted by molar-refractivity contribution is 5.79. The normalized spacial score (nSPS) is 28.1. The molecule has 1 heterocycles. The number of carbonyl (C=O) groups excluding carboxylic acids is 2. The number of methoxy groups -OCH3 is 1. The lowest BCUT2D eigenvalue weighted by molar-refractivity contribution is -0.143. The van der Waals surface area contributed by atoms with Crippen LogP contribution in [0.15, 0.2) is 0 Å². The van der Waals surface area contributed by atoms with Gasteiger partial charge in [0.2, 0.25) is 0 Å². The van der Waals surface area contributed by atoms with Gasteiger partial charge in [0, 0.05) is 5.92 Å². The number of hydrogen-bond donors (Lipinski definition) is 0. The van der Waals surface area contributed by atoms with Crippen molar-refractivity contribution in [3.05, 3.63) is 0 Å². The first-order valence-corrected chi connectivity index (χ1v) is 6.31. The summed E-state index contributed by atoms with van der Waals surface area (Å²) in [5, 5.41) is 0. The van der Waals surface area contributed by atoms with E-state index in [0.717, 1.165) is 19.3 Å². The number of ketones is 1. The highest BCUT2D eigenvalue weighted by Gasteiger charge is 2.38. The summed E-state index contributed by atoms with van der Waals surface area (Å²) in [6.45, 7) is 3.72. The highest BCUT2D eigenvalue weighted by atomic mass is 16.5.